The minimum atomic E-state index is -0.651. The highest BCUT2D eigenvalue weighted by molar-refractivity contribution is 5.06. The van der Waals surface area contributed by atoms with E-state index in [0.29, 0.717) is 13.0 Å². The van der Waals surface area contributed by atoms with Gasteiger partial charge in [-0.15, -0.1) is 0 Å². The molecule has 4 nitrogen and oxygen atoms in total. The lowest BCUT2D eigenvalue weighted by Gasteiger charge is -2.32. The van der Waals surface area contributed by atoms with Crippen LogP contribution < -0.4 is 5.32 Å². The average molecular weight is 200 g/mol. The van der Waals surface area contributed by atoms with Gasteiger partial charge in [-0.25, -0.2) is 0 Å². The number of aliphatic hydroxyl groups excluding tert-OH is 1. The van der Waals surface area contributed by atoms with E-state index in [4.69, 9.17) is 15.1 Å². The molecule has 14 heavy (non-hydrogen) atoms. The fourth-order valence-electron chi connectivity index (χ4n) is 1.40. The molecule has 2 N–H and O–H groups in total. The van der Waals surface area contributed by atoms with Crippen LogP contribution in [0.15, 0.2) is 0 Å². The van der Waals surface area contributed by atoms with Crippen LogP contribution in [0.2, 0.25) is 0 Å². The zero-order valence-electron chi connectivity index (χ0n) is 9.42. The Kier molecular flexibility index (Phi) is 5.06. The SMILES string of the molecule is COC(C)(C)CC(C)(C#N)NCCO. The zero-order chi connectivity index (χ0) is 11.2. The van der Waals surface area contributed by atoms with Gasteiger partial charge in [-0.1, -0.05) is 0 Å². The molecule has 0 radical (unpaired) electrons. The summed E-state index contributed by atoms with van der Waals surface area (Å²) in [7, 11) is 1.63. The van der Waals surface area contributed by atoms with E-state index in [1.165, 1.54) is 0 Å². The molecule has 0 aromatic heterocycles. The number of β-amino-alcohol motifs (C(OH)–C–C–N with tert-alkyl or cyclic N) is 1. The van der Waals surface area contributed by atoms with Crippen LogP contribution >= 0.6 is 0 Å². The molecule has 0 aromatic rings. The molecule has 0 aromatic carbocycles. The van der Waals surface area contributed by atoms with Gasteiger partial charge in [0.1, 0.15) is 5.54 Å². The average Bonchev–Trinajstić information content (AvgIpc) is 2.14. The molecular formula is C10H20N2O2. The third-order valence-electron chi connectivity index (χ3n) is 2.21. The van der Waals surface area contributed by atoms with Crippen molar-refractivity contribution in [3.63, 3.8) is 0 Å². The number of hydrogen-bond acceptors (Lipinski definition) is 4. The number of nitriles is 1. The second-order valence-electron chi connectivity index (χ2n) is 4.23. The Morgan fingerprint density at radius 1 is 1.43 bits per heavy atom. The molecular weight excluding hydrogens is 180 g/mol. The maximum absolute atomic E-state index is 9.02. The molecule has 0 bridgehead atoms. The van der Waals surface area contributed by atoms with Crippen LogP contribution in [0.3, 0.4) is 0 Å². The maximum atomic E-state index is 9.02. The van der Waals surface area contributed by atoms with Crippen molar-refractivity contribution in [2.24, 2.45) is 0 Å². The summed E-state index contributed by atoms with van der Waals surface area (Å²) in [6.45, 7) is 6.13. The van der Waals surface area contributed by atoms with Gasteiger partial charge in [-0.2, -0.15) is 5.26 Å². The summed E-state index contributed by atoms with van der Waals surface area (Å²) in [4.78, 5) is 0. The van der Waals surface area contributed by atoms with E-state index in [0.717, 1.165) is 0 Å². The van der Waals surface area contributed by atoms with E-state index in [2.05, 4.69) is 11.4 Å². The van der Waals surface area contributed by atoms with Crippen LogP contribution in [0.25, 0.3) is 0 Å². The molecule has 0 aliphatic carbocycles. The first-order valence-electron chi connectivity index (χ1n) is 4.71. The van der Waals surface area contributed by atoms with E-state index < -0.39 is 5.54 Å². The van der Waals surface area contributed by atoms with Crippen molar-refractivity contribution >= 4 is 0 Å². The van der Waals surface area contributed by atoms with E-state index in [9.17, 15) is 0 Å². The summed E-state index contributed by atoms with van der Waals surface area (Å²) >= 11 is 0. The van der Waals surface area contributed by atoms with Crippen molar-refractivity contribution < 1.29 is 9.84 Å². The summed E-state index contributed by atoms with van der Waals surface area (Å²) in [5.41, 5.74) is -0.991. The molecule has 0 saturated heterocycles. The fraction of sp³-hybridized carbons (Fsp3) is 0.900. The fourth-order valence-corrected chi connectivity index (χ4v) is 1.40. The van der Waals surface area contributed by atoms with Crippen molar-refractivity contribution in [1.29, 1.82) is 5.26 Å². The summed E-state index contributed by atoms with van der Waals surface area (Å²) in [5.74, 6) is 0. The second kappa shape index (κ2) is 5.30. The Morgan fingerprint density at radius 3 is 2.36 bits per heavy atom. The normalized spacial score (nSPS) is 16.0. The lowest BCUT2D eigenvalue weighted by Crippen LogP contribution is -2.47. The molecule has 0 rings (SSSR count). The molecule has 0 saturated carbocycles. The van der Waals surface area contributed by atoms with E-state index in [-0.39, 0.29) is 12.2 Å². The first-order valence-corrected chi connectivity index (χ1v) is 4.71. The molecule has 4 heteroatoms. The van der Waals surface area contributed by atoms with Crippen molar-refractivity contribution in [3.05, 3.63) is 0 Å². The molecule has 82 valence electrons. The van der Waals surface area contributed by atoms with Crippen LogP contribution in [0, 0.1) is 11.3 Å². The molecule has 0 aliphatic heterocycles. The van der Waals surface area contributed by atoms with Gasteiger partial charge >= 0.3 is 0 Å². The van der Waals surface area contributed by atoms with E-state index >= 15 is 0 Å². The third-order valence-corrected chi connectivity index (χ3v) is 2.21. The highest BCUT2D eigenvalue weighted by atomic mass is 16.5. The lowest BCUT2D eigenvalue weighted by molar-refractivity contribution is 0.000768. The highest BCUT2D eigenvalue weighted by Gasteiger charge is 2.31. The third kappa shape index (κ3) is 4.56. The molecule has 1 atom stereocenters. The zero-order valence-corrected chi connectivity index (χ0v) is 9.42. The quantitative estimate of drug-likeness (QED) is 0.661. The Morgan fingerprint density at radius 2 is 2.00 bits per heavy atom. The van der Waals surface area contributed by atoms with Crippen LogP contribution in [0.5, 0.6) is 0 Å². The molecule has 0 spiro atoms. The molecule has 0 amide bonds. The topological polar surface area (TPSA) is 65.3 Å². The summed E-state index contributed by atoms with van der Waals surface area (Å²) in [6.07, 6.45) is 0.576. The smallest absolute Gasteiger partial charge is 0.106 e. The summed E-state index contributed by atoms with van der Waals surface area (Å²) in [6, 6.07) is 2.20. The van der Waals surface area contributed by atoms with Crippen LogP contribution in [-0.2, 0) is 4.74 Å². The van der Waals surface area contributed by atoms with Gasteiger partial charge in [0.2, 0.25) is 0 Å². The van der Waals surface area contributed by atoms with Gasteiger partial charge in [-0.3, -0.25) is 5.32 Å². The number of nitrogens with zero attached hydrogens (tertiary/aromatic N) is 1. The van der Waals surface area contributed by atoms with Gasteiger partial charge in [0.05, 0.1) is 18.3 Å². The number of hydrogen-bond donors (Lipinski definition) is 2. The number of ether oxygens (including phenoxy) is 1. The summed E-state index contributed by atoms with van der Waals surface area (Å²) < 4.78 is 5.26. The van der Waals surface area contributed by atoms with E-state index in [1.54, 1.807) is 7.11 Å². The van der Waals surface area contributed by atoms with Gasteiger partial charge < -0.3 is 9.84 Å². The predicted octanol–water partition coefficient (Wildman–Crippen LogP) is 0.666. The van der Waals surface area contributed by atoms with Crippen molar-refractivity contribution in [2.45, 2.75) is 38.3 Å². The molecule has 0 fully saturated rings. The summed E-state index contributed by atoms with van der Waals surface area (Å²) in [5, 5.41) is 20.7. The second-order valence-corrected chi connectivity index (χ2v) is 4.23. The first kappa shape index (κ1) is 13.4. The molecule has 1 unspecified atom stereocenters. The molecule has 0 aliphatic rings. The Labute approximate surface area is 85.9 Å². The number of nitrogens with one attached hydrogen (secondary N) is 1. The standard InChI is InChI=1S/C10H20N2O2/c1-9(2,14-4)7-10(3,8-11)12-5-6-13/h12-13H,5-7H2,1-4H3. The van der Waals surface area contributed by atoms with Gasteiger partial charge in [0.25, 0.3) is 0 Å². The van der Waals surface area contributed by atoms with Crippen LogP contribution in [-0.4, -0.2) is 36.5 Å². The number of rotatable bonds is 6. The lowest BCUT2D eigenvalue weighted by atomic mass is 9.89. The van der Waals surface area contributed by atoms with Gasteiger partial charge in [0, 0.05) is 20.1 Å². The first-order chi connectivity index (χ1) is 6.39. The number of methoxy groups -OCH3 is 1. The number of aliphatic hydroxyl groups is 1. The van der Waals surface area contributed by atoms with Gasteiger partial charge in [0.15, 0.2) is 0 Å². The Balaban J connectivity index is 4.33. The van der Waals surface area contributed by atoms with Crippen molar-refractivity contribution in [1.82, 2.24) is 5.32 Å². The Hall–Kier alpha value is -0.630. The van der Waals surface area contributed by atoms with Crippen LogP contribution in [0.1, 0.15) is 27.2 Å². The van der Waals surface area contributed by atoms with Crippen LogP contribution in [0.4, 0.5) is 0 Å². The minimum Gasteiger partial charge on any atom is -0.395 e. The maximum Gasteiger partial charge on any atom is 0.106 e. The van der Waals surface area contributed by atoms with Gasteiger partial charge in [-0.05, 0) is 20.8 Å². The Bertz CT molecular complexity index is 211. The van der Waals surface area contributed by atoms with E-state index in [1.807, 2.05) is 20.8 Å². The predicted molar refractivity (Wildman–Crippen MR) is 54.8 cm³/mol. The van der Waals surface area contributed by atoms with Crippen molar-refractivity contribution in [3.8, 4) is 6.07 Å². The van der Waals surface area contributed by atoms with Crippen molar-refractivity contribution in [2.75, 3.05) is 20.3 Å². The molecule has 0 heterocycles. The minimum absolute atomic E-state index is 0.0324. The largest absolute Gasteiger partial charge is 0.395 e. The highest BCUT2D eigenvalue weighted by Crippen LogP contribution is 2.22. The monoisotopic (exact) mass is 200 g/mol.